The lowest BCUT2D eigenvalue weighted by Crippen LogP contribution is -2.48. The van der Waals surface area contributed by atoms with Gasteiger partial charge in [0.05, 0.1) is 17.6 Å². The predicted octanol–water partition coefficient (Wildman–Crippen LogP) is 1.34. The maximum Gasteiger partial charge on any atom is 0.243 e. The summed E-state index contributed by atoms with van der Waals surface area (Å²) in [4.78, 5) is 30.8. The maximum atomic E-state index is 12.1. The van der Waals surface area contributed by atoms with Crippen LogP contribution in [0.1, 0.15) is 26.6 Å². The molecular weight excluding hydrogens is 268 g/mol. The summed E-state index contributed by atoms with van der Waals surface area (Å²) in [6.07, 6.45) is 0. The summed E-state index contributed by atoms with van der Waals surface area (Å²) < 4.78 is 0. The van der Waals surface area contributed by atoms with Crippen molar-refractivity contribution in [2.24, 2.45) is 5.92 Å². The van der Waals surface area contributed by atoms with E-state index in [1.165, 1.54) is 6.92 Å². The summed E-state index contributed by atoms with van der Waals surface area (Å²) in [6, 6.07) is 7.14. The molecule has 1 aromatic heterocycles. The van der Waals surface area contributed by atoms with Crippen LogP contribution in [0, 0.1) is 5.92 Å². The first kappa shape index (κ1) is 15.0. The van der Waals surface area contributed by atoms with Crippen molar-refractivity contribution in [2.75, 3.05) is 0 Å². The molecule has 1 atom stereocenters. The van der Waals surface area contributed by atoms with E-state index in [9.17, 15) is 9.59 Å². The number of hydrogen-bond donors (Lipinski definition) is 3. The largest absolute Gasteiger partial charge is 0.347 e. The number of imidazole rings is 1. The molecule has 0 fully saturated rings. The number of nitrogens with one attached hydrogen (secondary N) is 3. The number of carbonyl (C=O) groups excluding carboxylic acids is 2. The molecule has 0 radical (unpaired) electrons. The van der Waals surface area contributed by atoms with Crippen LogP contribution in [-0.2, 0) is 16.1 Å². The highest BCUT2D eigenvalue weighted by atomic mass is 16.2. The second-order valence-corrected chi connectivity index (χ2v) is 5.34. The van der Waals surface area contributed by atoms with Gasteiger partial charge in [-0.3, -0.25) is 9.59 Å². The number of nitrogens with zero attached hydrogens (tertiary/aromatic N) is 1. The summed E-state index contributed by atoms with van der Waals surface area (Å²) in [5.41, 5.74) is 1.80. The Bertz CT molecular complexity index is 615. The number of benzene rings is 1. The van der Waals surface area contributed by atoms with E-state index in [1.54, 1.807) is 0 Å². The third-order valence-electron chi connectivity index (χ3n) is 3.18. The standard InChI is InChI=1S/C15H20N4O2/c1-9(2)14(17-10(3)20)15(21)16-8-13-18-11-6-4-5-7-12(11)19-13/h4-7,9,14H,8H2,1-3H3,(H,16,21)(H,17,20)(H,18,19)/t14-/m1/s1. The molecule has 0 saturated heterocycles. The number of hydrogen-bond acceptors (Lipinski definition) is 3. The van der Waals surface area contributed by atoms with Crippen molar-refractivity contribution in [3.8, 4) is 0 Å². The molecule has 2 rings (SSSR count). The van der Waals surface area contributed by atoms with Gasteiger partial charge in [-0.25, -0.2) is 4.98 Å². The van der Waals surface area contributed by atoms with Crippen LogP contribution in [0.5, 0.6) is 0 Å². The highest BCUT2D eigenvalue weighted by molar-refractivity contribution is 5.87. The third-order valence-corrected chi connectivity index (χ3v) is 3.18. The van der Waals surface area contributed by atoms with E-state index >= 15 is 0 Å². The van der Waals surface area contributed by atoms with Crippen LogP contribution in [0.15, 0.2) is 24.3 Å². The second kappa shape index (κ2) is 6.39. The topological polar surface area (TPSA) is 86.9 Å². The number of amides is 2. The lowest BCUT2D eigenvalue weighted by molar-refractivity contribution is -0.129. The minimum absolute atomic E-state index is 0.0181. The van der Waals surface area contributed by atoms with Crippen LogP contribution < -0.4 is 10.6 Å². The maximum absolute atomic E-state index is 12.1. The van der Waals surface area contributed by atoms with Gasteiger partial charge in [-0.1, -0.05) is 26.0 Å². The zero-order valence-corrected chi connectivity index (χ0v) is 12.4. The van der Waals surface area contributed by atoms with Gasteiger partial charge < -0.3 is 15.6 Å². The van der Waals surface area contributed by atoms with Gasteiger partial charge in [0.15, 0.2) is 0 Å². The molecule has 0 unspecified atom stereocenters. The van der Waals surface area contributed by atoms with Crippen LogP contribution in [0.2, 0.25) is 0 Å². The fourth-order valence-electron chi connectivity index (χ4n) is 2.12. The van der Waals surface area contributed by atoms with Crippen molar-refractivity contribution >= 4 is 22.8 Å². The quantitative estimate of drug-likeness (QED) is 0.776. The van der Waals surface area contributed by atoms with E-state index in [0.29, 0.717) is 12.4 Å². The van der Waals surface area contributed by atoms with Crippen LogP contribution in [-0.4, -0.2) is 27.8 Å². The fourth-order valence-corrected chi connectivity index (χ4v) is 2.12. The molecule has 1 heterocycles. The summed E-state index contributed by atoms with van der Waals surface area (Å²) in [5.74, 6) is 0.285. The molecular formula is C15H20N4O2. The van der Waals surface area contributed by atoms with E-state index in [4.69, 9.17) is 0 Å². The number of aromatic amines is 1. The highest BCUT2D eigenvalue weighted by Crippen LogP contribution is 2.10. The Balaban J connectivity index is 2.00. The van der Waals surface area contributed by atoms with Gasteiger partial charge in [0.1, 0.15) is 11.9 Å². The van der Waals surface area contributed by atoms with Gasteiger partial charge in [-0.2, -0.15) is 0 Å². The summed E-state index contributed by atoms with van der Waals surface area (Å²) >= 11 is 0. The number of aromatic nitrogens is 2. The number of H-pyrrole nitrogens is 1. The van der Waals surface area contributed by atoms with Gasteiger partial charge in [0.25, 0.3) is 0 Å². The molecule has 0 aliphatic carbocycles. The number of rotatable bonds is 5. The van der Waals surface area contributed by atoms with E-state index in [0.717, 1.165) is 11.0 Å². The van der Waals surface area contributed by atoms with Crippen LogP contribution >= 0.6 is 0 Å². The Morgan fingerprint density at radius 1 is 1.29 bits per heavy atom. The Labute approximate surface area is 123 Å². The average Bonchev–Trinajstić information content (AvgIpc) is 2.84. The molecule has 3 N–H and O–H groups in total. The summed E-state index contributed by atoms with van der Waals surface area (Å²) in [7, 11) is 0. The van der Waals surface area contributed by atoms with E-state index in [-0.39, 0.29) is 17.7 Å². The Morgan fingerprint density at radius 3 is 2.62 bits per heavy atom. The van der Waals surface area contributed by atoms with Gasteiger partial charge in [-0.15, -0.1) is 0 Å². The molecule has 0 aliphatic heterocycles. The lowest BCUT2D eigenvalue weighted by atomic mass is 10.0. The van der Waals surface area contributed by atoms with Crippen molar-refractivity contribution in [3.05, 3.63) is 30.1 Å². The number of fused-ring (bicyclic) bond motifs is 1. The second-order valence-electron chi connectivity index (χ2n) is 5.34. The molecule has 21 heavy (non-hydrogen) atoms. The number of para-hydroxylation sites is 2. The molecule has 0 spiro atoms. The van der Waals surface area contributed by atoms with E-state index < -0.39 is 6.04 Å². The SMILES string of the molecule is CC(=O)N[C@@H](C(=O)NCc1nc2ccccc2[nH]1)C(C)C. The van der Waals surface area contributed by atoms with Crippen molar-refractivity contribution in [1.82, 2.24) is 20.6 Å². The first-order valence-corrected chi connectivity index (χ1v) is 6.96. The molecule has 1 aromatic carbocycles. The van der Waals surface area contributed by atoms with Crippen LogP contribution in [0.3, 0.4) is 0 Å². The Kier molecular flexibility index (Phi) is 4.57. The van der Waals surface area contributed by atoms with Gasteiger partial charge in [0, 0.05) is 6.92 Å². The highest BCUT2D eigenvalue weighted by Gasteiger charge is 2.22. The van der Waals surface area contributed by atoms with Crippen molar-refractivity contribution < 1.29 is 9.59 Å². The smallest absolute Gasteiger partial charge is 0.243 e. The average molecular weight is 288 g/mol. The Hall–Kier alpha value is -2.37. The minimum atomic E-state index is -0.535. The van der Waals surface area contributed by atoms with Crippen molar-refractivity contribution in [1.29, 1.82) is 0 Å². The van der Waals surface area contributed by atoms with Gasteiger partial charge in [-0.05, 0) is 18.1 Å². The van der Waals surface area contributed by atoms with Gasteiger partial charge >= 0.3 is 0 Å². The number of carbonyl (C=O) groups is 2. The first-order valence-electron chi connectivity index (χ1n) is 6.96. The fraction of sp³-hybridized carbons (Fsp3) is 0.400. The molecule has 6 nitrogen and oxygen atoms in total. The zero-order chi connectivity index (χ0) is 15.4. The Morgan fingerprint density at radius 2 is 2.00 bits per heavy atom. The minimum Gasteiger partial charge on any atom is -0.347 e. The molecule has 0 bridgehead atoms. The zero-order valence-electron chi connectivity index (χ0n) is 12.4. The molecule has 2 amide bonds. The molecule has 2 aromatic rings. The molecule has 112 valence electrons. The first-order chi connectivity index (χ1) is 9.97. The van der Waals surface area contributed by atoms with Crippen molar-refractivity contribution in [3.63, 3.8) is 0 Å². The van der Waals surface area contributed by atoms with E-state index in [2.05, 4.69) is 20.6 Å². The third kappa shape index (κ3) is 3.81. The normalized spacial score (nSPS) is 12.4. The predicted molar refractivity (Wildman–Crippen MR) is 80.4 cm³/mol. The molecule has 0 aliphatic rings. The summed E-state index contributed by atoms with van der Waals surface area (Å²) in [5, 5.41) is 5.46. The van der Waals surface area contributed by atoms with Crippen molar-refractivity contribution in [2.45, 2.75) is 33.4 Å². The molecule has 6 heteroatoms. The molecule has 0 saturated carbocycles. The monoisotopic (exact) mass is 288 g/mol. The van der Waals surface area contributed by atoms with Gasteiger partial charge in [0.2, 0.25) is 11.8 Å². The lowest BCUT2D eigenvalue weighted by Gasteiger charge is -2.20. The summed E-state index contributed by atoms with van der Waals surface area (Å²) in [6.45, 7) is 5.49. The van der Waals surface area contributed by atoms with Crippen LogP contribution in [0.4, 0.5) is 0 Å². The van der Waals surface area contributed by atoms with Crippen LogP contribution in [0.25, 0.3) is 11.0 Å². The van der Waals surface area contributed by atoms with E-state index in [1.807, 2.05) is 38.1 Å².